The van der Waals surface area contributed by atoms with Gasteiger partial charge in [0.2, 0.25) is 0 Å². The number of nitrogens with one attached hydrogen (secondary N) is 1. The van der Waals surface area contributed by atoms with Gasteiger partial charge < -0.3 is 5.32 Å². The van der Waals surface area contributed by atoms with Crippen LogP contribution < -0.4 is 5.32 Å². The van der Waals surface area contributed by atoms with E-state index >= 15 is 0 Å². The lowest BCUT2D eigenvalue weighted by Gasteiger charge is -2.28. The van der Waals surface area contributed by atoms with Crippen molar-refractivity contribution in [1.29, 1.82) is 0 Å². The summed E-state index contributed by atoms with van der Waals surface area (Å²) in [5, 5.41) is 16.6. The van der Waals surface area contributed by atoms with E-state index < -0.39 is 0 Å². The van der Waals surface area contributed by atoms with Crippen molar-refractivity contribution in [2.45, 2.75) is 32.4 Å². The second-order valence-corrected chi connectivity index (χ2v) is 6.35. The predicted molar refractivity (Wildman–Crippen MR) is 95.1 cm³/mol. The van der Waals surface area contributed by atoms with Gasteiger partial charge in [0, 0.05) is 11.6 Å². The van der Waals surface area contributed by atoms with Crippen molar-refractivity contribution >= 4 is 11.6 Å². The van der Waals surface area contributed by atoms with E-state index in [9.17, 15) is 0 Å². The summed E-state index contributed by atoms with van der Waals surface area (Å²) >= 11 is 5.97. The van der Waals surface area contributed by atoms with Gasteiger partial charge in [-0.3, -0.25) is 0 Å². The van der Waals surface area contributed by atoms with Crippen molar-refractivity contribution in [2.24, 2.45) is 0 Å². The van der Waals surface area contributed by atoms with Gasteiger partial charge in [0.05, 0.1) is 11.2 Å². The molecule has 0 aliphatic carbocycles. The Morgan fingerprint density at radius 1 is 1.08 bits per heavy atom. The van der Waals surface area contributed by atoms with Crippen LogP contribution in [-0.4, -0.2) is 20.2 Å². The Balaban J connectivity index is 1.88. The Morgan fingerprint density at radius 3 is 2.46 bits per heavy atom. The van der Waals surface area contributed by atoms with Gasteiger partial charge in [-0.2, -0.15) is 4.68 Å². The number of rotatable bonds is 6. The number of hydrogen-bond donors (Lipinski definition) is 1. The number of tetrazole rings is 1. The van der Waals surface area contributed by atoms with Crippen LogP contribution in [0.4, 0.5) is 0 Å². The van der Waals surface area contributed by atoms with Crippen LogP contribution in [0.15, 0.2) is 54.6 Å². The van der Waals surface area contributed by atoms with Crippen LogP contribution in [0.1, 0.15) is 31.7 Å². The summed E-state index contributed by atoms with van der Waals surface area (Å²) in [5.41, 5.74) is 1.77. The zero-order valence-corrected chi connectivity index (χ0v) is 14.5. The third kappa shape index (κ3) is 3.47. The summed E-state index contributed by atoms with van der Waals surface area (Å²) in [7, 11) is 0. The maximum atomic E-state index is 5.97. The lowest BCUT2D eigenvalue weighted by atomic mass is 9.97. The Labute approximate surface area is 146 Å². The molecule has 0 fully saturated rings. The number of benzene rings is 2. The van der Waals surface area contributed by atoms with Crippen LogP contribution in [0.5, 0.6) is 0 Å². The summed E-state index contributed by atoms with van der Waals surface area (Å²) < 4.78 is 1.76. The molecular formula is C18H20ClN5. The Bertz CT molecular complexity index is 785. The molecule has 0 radical (unpaired) electrons. The molecule has 2 aromatic carbocycles. The molecule has 6 heteroatoms. The van der Waals surface area contributed by atoms with Gasteiger partial charge in [-0.15, -0.1) is 5.10 Å². The quantitative estimate of drug-likeness (QED) is 0.742. The van der Waals surface area contributed by atoms with E-state index in [1.165, 1.54) is 5.56 Å². The normalized spacial score (nSPS) is 13.6. The number of halogens is 1. The fourth-order valence-corrected chi connectivity index (χ4v) is 2.67. The molecule has 1 heterocycles. The Kier molecular flexibility index (Phi) is 4.92. The molecule has 0 amide bonds. The molecule has 0 bridgehead atoms. The highest BCUT2D eigenvalue weighted by Gasteiger charge is 2.31. The van der Waals surface area contributed by atoms with Crippen molar-refractivity contribution in [1.82, 2.24) is 25.5 Å². The second-order valence-electron chi connectivity index (χ2n) is 5.92. The van der Waals surface area contributed by atoms with E-state index in [0.29, 0.717) is 5.02 Å². The number of hydrogen-bond acceptors (Lipinski definition) is 4. The molecule has 0 aliphatic heterocycles. The third-order valence-electron chi connectivity index (χ3n) is 4.27. The second kappa shape index (κ2) is 7.11. The molecule has 1 aromatic heterocycles. The molecule has 0 saturated carbocycles. The smallest absolute Gasteiger partial charge is 0.176 e. The van der Waals surface area contributed by atoms with Gasteiger partial charge >= 0.3 is 0 Å². The van der Waals surface area contributed by atoms with Gasteiger partial charge in [0.15, 0.2) is 5.82 Å². The molecule has 1 unspecified atom stereocenters. The van der Waals surface area contributed by atoms with Crippen LogP contribution in [-0.2, 0) is 12.1 Å². The summed E-state index contributed by atoms with van der Waals surface area (Å²) in [4.78, 5) is 0. The van der Waals surface area contributed by atoms with Gasteiger partial charge in [-0.1, -0.05) is 48.9 Å². The molecule has 124 valence electrons. The summed E-state index contributed by atoms with van der Waals surface area (Å²) in [6, 6.07) is 17.8. The van der Waals surface area contributed by atoms with Crippen LogP contribution in [0, 0.1) is 0 Å². The maximum Gasteiger partial charge on any atom is 0.176 e. The zero-order chi connectivity index (χ0) is 17.0. The summed E-state index contributed by atoms with van der Waals surface area (Å²) in [6.07, 6.45) is 0.855. The number of aromatic nitrogens is 4. The highest BCUT2D eigenvalue weighted by atomic mass is 35.5. The zero-order valence-electron chi connectivity index (χ0n) is 13.8. The predicted octanol–water partition coefficient (Wildman–Crippen LogP) is 3.73. The van der Waals surface area contributed by atoms with Crippen molar-refractivity contribution in [3.63, 3.8) is 0 Å². The van der Waals surface area contributed by atoms with E-state index in [2.05, 4.69) is 46.8 Å². The minimum absolute atomic E-state index is 0.348. The van der Waals surface area contributed by atoms with Crippen LogP contribution in [0.3, 0.4) is 0 Å². The molecule has 24 heavy (non-hydrogen) atoms. The van der Waals surface area contributed by atoms with Gasteiger partial charge in [-0.05, 0) is 53.6 Å². The van der Waals surface area contributed by atoms with E-state index in [1.54, 1.807) is 4.68 Å². The standard InChI is InChI=1S/C18H20ClN5/c1-3-18(2,20-13-14-7-5-4-6-8-14)17-21-22-23-24(17)16-11-9-15(19)10-12-16/h4-12,20H,3,13H2,1-2H3. The van der Waals surface area contributed by atoms with E-state index in [4.69, 9.17) is 11.6 Å². The van der Waals surface area contributed by atoms with Gasteiger partial charge in [0.25, 0.3) is 0 Å². The number of nitrogens with zero attached hydrogens (tertiary/aromatic N) is 4. The van der Waals surface area contributed by atoms with E-state index in [-0.39, 0.29) is 5.54 Å². The van der Waals surface area contributed by atoms with Crippen LogP contribution in [0.25, 0.3) is 5.69 Å². The highest BCUT2D eigenvalue weighted by molar-refractivity contribution is 6.30. The fraction of sp³-hybridized carbons (Fsp3) is 0.278. The van der Waals surface area contributed by atoms with Gasteiger partial charge in [0.1, 0.15) is 0 Å². The van der Waals surface area contributed by atoms with Crippen molar-refractivity contribution < 1.29 is 0 Å². The van der Waals surface area contributed by atoms with Crippen molar-refractivity contribution in [2.75, 3.05) is 0 Å². The first kappa shape index (κ1) is 16.6. The summed E-state index contributed by atoms with van der Waals surface area (Å²) in [5.74, 6) is 0.781. The topological polar surface area (TPSA) is 55.6 Å². The molecule has 0 spiro atoms. The lowest BCUT2D eigenvalue weighted by molar-refractivity contribution is 0.324. The molecule has 1 atom stereocenters. The minimum Gasteiger partial charge on any atom is -0.301 e. The lowest BCUT2D eigenvalue weighted by Crippen LogP contribution is -2.41. The molecular weight excluding hydrogens is 322 g/mol. The molecule has 5 nitrogen and oxygen atoms in total. The molecule has 1 N–H and O–H groups in total. The largest absolute Gasteiger partial charge is 0.301 e. The third-order valence-corrected chi connectivity index (χ3v) is 4.52. The summed E-state index contributed by atoms with van der Waals surface area (Å²) in [6.45, 7) is 4.99. The average Bonchev–Trinajstić information content (AvgIpc) is 3.12. The van der Waals surface area contributed by atoms with E-state index in [1.807, 2.05) is 42.5 Å². The average molecular weight is 342 g/mol. The molecule has 3 rings (SSSR count). The first-order chi connectivity index (χ1) is 11.6. The molecule has 0 aliphatic rings. The SMILES string of the molecule is CCC(C)(NCc1ccccc1)c1nnnn1-c1ccc(Cl)cc1. The molecule has 0 saturated heterocycles. The van der Waals surface area contributed by atoms with Crippen LogP contribution in [0.2, 0.25) is 5.02 Å². The first-order valence-corrected chi connectivity index (χ1v) is 8.34. The van der Waals surface area contributed by atoms with E-state index in [0.717, 1.165) is 24.5 Å². The van der Waals surface area contributed by atoms with Gasteiger partial charge in [-0.25, -0.2) is 0 Å². The monoisotopic (exact) mass is 341 g/mol. The first-order valence-electron chi connectivity index (χ1n) is 7.96. The molecule has 3 aromatic rings. The van der Waals surface area contributed by atoms with Crippen LogP contribution >= 0.6 is 11.6 Å². The maximum absolute atomic E-state index is 5.97. The Morgan fingerprint density at radius 2 is 1.79 bits per heavy atom. The highest BCUT2D eigenvalue weighted by Crippen LogP contribution is 2.25. The fourth-order valence-electron chi connectivity index (χ4n) is 2.54. The van der Waals surface area contributed by atoms with Crippen molar-refractivity contribution in [3.05, 3.63) is 71.0 Å². The minimum atomic E-state index is -0.348. The van der Waals surface area contributed by atoms with Crippen molar-refractivity contribution in [3.8, 4) is 5.69 Å². The Hall–Kier alpha value is -2.24.